The molecule has 0 spiro atoms. The minimum absolute atomic E-state index is 0.301. The molecule has 2 aromatic rings. The number of aliphatic carboxylic acids is 1. The monoisotopic (exact) mass is 285 g/mol. The van der Waals surface area contributed by atoms with Crippen molar-refractivity contribution < 1.29 is 9.90 Å². The summed E-state index contributed by atoms with van der Waals surface area (Å²) in [5, 5.41) is 9.60. The fourth-order valence-corrected chi connectivity index (χ4v) is 3.15. The summed E-state index contributed by atoms with van der Waals surface area (Å²) in [5.74, 6) is 0.548. The molecular weight excluding hydrogens is 266 g/mol. The van der Waals surface area contributed by atoms with Crippen molar-refractivity contribution in [3.8, 4) is 0 Å². The molecule has 3 rings (SSSR count). The molecule has 0 amide bonds. The molecule has 1 aliphatic heterocycles. The topological polar surface area (TPSA) is 58.4 Å². The van der Waals surface area contributed by atoms with Gasteiger partial charge in [0.2, 0.25) is 0 Å². The molecular formula is C16H19N3O2. The highest BCUT2D eigenvalue weighted by Gasteiger charge is 2.35. The first-order valence-electron chi connectivity index (χ1n) is 7.16. The van der Waals surface area contributed by atoms with Gasteiger partial charge in [0.05, 0.1) is 0 Å². The number of imidazole rings is 1. The van der Waals surface area contributed by atoms with Gasteiger partial charge in [0.15, 0.2) is 0 Å². The van der Waals surface area contributed by atoms with Gasteiger partial charge < -0.3 is 9.67 Å². The quantitative estimate of drug-likeness (QED) is 0.934. The standard InChI is InChI=1S/C16H19N3O2/c1-18-10-8-17-15(18)13-7-9-19(11-13)14(16(20)21)12-5-3-2-4-6-12/h2-6,8,10,13-14H,7,9,11H2,1H3,(H,20,21). The molecule has 1 aromatic heterocycles. The highest BCUT2D eigenvalue weighted by molar-refractivity contribution is 5.75. The van der Waals surface area contributed by atoms with Gasteiger partial charge in [0.25, 0.3) is 0 Å². The average Bonchev–Trinajstić information content (AvgIpc) is 3.09. The van der Waals surface area contributed by atoms with E-state index >= 15 is 0 Å². The van der Waals surface area contributed by atoms with Crippen LogP contribution in [0.5, 0.6) is 0 Å². The van der Waals surface area contributed by atoms with Crippen molar-refractivity contribution in [1.29, 1.82) is 0 Å². The Bertz CT molecular complexity index is 623. The van der Waals surface area contributed by atoms with E-state index in [2.05, 4.69) is 4.98 Å². The van der Waals surface area contributed by atoms with Crippen molar-refractivity contribution in [1.82, 2.24) is 14.5 Å². The number of carbonyl (C=O) groups is 1. The predicted octanol–water partition coefficient (Wildman–Crippen LogP) is 2.04. The summed E-state index contributed by atoms with van der Waals surface area (Å²) in [6.45, 7) is 1.51. The van der Waals surface area contributed by atoms with Gasteiger partial charge in [-0.3, -0.25) is 9.69 Å². The van der Waals surface area contributed by atoms with Gasteiger partial charge in [0.1, 0.15) is 11.9 Å². The van der Waals surface area contributed by atoms with E-state index in [0.29, 0.717) is 5.92 Å². The van der Waals surface area contributed by atoms with Crippen molar-refractivity contribution in [3.63, 3.8) is 0 Å². The zero-order valence-electron chi connectivity index (χ0n) is 12.0. The van der Waals surface area contributed by atoms with Crippen LogP contribution in [0.1, 0.15) is 29.8 Å². The lowest BCUT2D eigenvalue weighted by Gasteiger charge is -2.24. The van der Waals surface area contributed by atoms with Crippen LogP contribution in [0.15, 0.2) is 42.7 Å². The van der Waals surface area contributed by atoms with Crippen molar-refractivity contribution >= 4 is 5.97 Å². The molecule has 2 heterocycles. The first kappa shape index (κ1) is 13.8. The van der Waals surface area contributed by atoms with E-state index in [1.165, 1.54) is 0 Å². The van der Waals surface area contributed by atoms with E-state index in [9.17, 15) is 9.90 Å². The van der Waals surface area contributed by atoms with Crippen LogP contribution < -0.4 is 0 Å². The number of carboxylic acids is 1. The number of rotatable bonds is 4. The Balaban J connectivity index is 1.80. The molecule has 0 radical (unpaired) electrons. The Hall–Kier alpha value is -2.14. The second-order valence-corrected chi connectivity index (χ2v) is 5.53. The molecule has 1 aliphatic rings. The van der Waals surface area contributed by atoms with Gasteiger partial charge in [-0.2, -0.15) is 0 Å². The third-order valence-electron chi connectivity index (χ3n) is 4.16. The maximum atomic E-state index is 11.7. The van der Waals surface area contributed by atoms with E-state index < -0.39 is 12.0 Å². The zero-order chi connectivity index (χ0) is 14.8. The highest BCUT2D eigenvalue weighted by atomic mass is 16.4. The Morgan fingerprint density at radius 2 is 2.14 bits per heavy atom. The molecule has 1 saturated heterocycles. The molecule has 1 N–H and O–H groups in total. The normalized spacial score (nSPS) is 20.5. The fourth-order valence-electron chi connectivity index (χ4n) is 3.15. The molecule has 2 unspecified atom stereocenters. The fraction of sp³-hybridized carbons (Fsp3) is 0.375. The minimum Gasteiger partial charge on any atom is -0.480 e. The van der Waals surface area contributed by atoms with Crippen molar-refractivity contribution in [2.24, 2.45) is 7.05 Å². The van der Waals surface area contributed by atoms with E-state index in [-0.39, 0.29) is 0 Å². The average molecular weight is 285 g/mol. The Kier molecular flexibility index (Phi) is 3.75. The zero-order valence-corrected chi connectivity index (χ0v) is 12.0. The number of hydrogen-bond acceptors (Lipinski definition) is 3. The van der Waals surface area contributed by atoms with Crippen LogP contribution in [-0.4, -0.2) is 38.6 Å². The molecule has 110 valence electrons. The van der Waals surface area contributed by atoms with Crippen LogP contribution in [0.2, 0.25) is 0 Å². The molecule has 5 heteroatoms. The lowest BCUT2D eigenvalue weighted by Crippen LogP contribution is -2.32. The van der Waals surface area contributed by atoms with Crippen molar-refractivity contribution in [3.05, 3.63) is 54.1 Å². The third-order valence-corrected chi connectivity index (χ3v) is 4.16. The Labute approximate surface area is 123 Å². The summed E-state index contributed by atoms with van der Waals surface area (Å²) in [4.78, 5) is 18.1. The number of likely N-dealkylation sites (tertiary alicyclic amines) is 1. The van der Waals surface area contributed by atoms with Crippen LogP contribution in [0.4, 0.5) is 0 Å². The van der Waals surface area contributed by atoms with Crippen LogP contribution >= 0.6 is 0 Å². The lowest BCUT2D eigenvalue weighted by molar-refractivity contribution is -0.143. The van der Waals surface area contributed by atoms with E-state index in [1.54, 1.807) is 6.20 Å². The first-order valence-corrected chi connectivity index (χ1v) is 7.16. The molecule has 0 saturated carbocycles. The van der Waals surface area contributed by atoms with Crippen LogP contribution in [0, 0.1) is 0 Å². The third kappa shape index (κ3) is 2.69. The van der Waals surface area contributed by atoms with Gasteiger partial charge in [-0.25, -0.2) is 4.98 Å². The molecule has 0 bridgehead atoms. The molecule has 5 nitrogen and oxygen atoms in total. The smallest absolute Gasteiger partial charge is 0.325 e. The lowest BCUT2D eigenvalue weighted by atomic mass is 10.1. The molecule has 1 aromatic carbocycles. The molecule has 21 heavy (non-hydrogen) atoms. The van der Waals surface area contributed by atoms with Gasteiger partial charge in [0, 0.05) is 38.4 Å². The SMILES string of the molecule is Cn1ccnc1C1CCN(C(C(=O)O)c2ccccc2)C1. The second kappa shape index (κ2) is 5.69. The largest absolute Gasteiger partial charge is 0.480 e. The number of nitrogens with zero attached hydrogens (tertiary/aromatic N) is 3. The van der Waals surface area contributed by atoms with Crippen molar-refractivity contribution in [2.75, 3.05) is 13.1 Å². The summed E-state index contributed by atoms with van der Waals surface area (Å²) in [6.07, 6.45) is 4.68. The number of benzene rings is 1. The molecule has 2 atom stereocenters. The number of hydrogen-bond donors (Lipinski definition) is 1. The predicted molar refractivity (Wildman–Crippen MR) is 79.0 cm³/mol. The summed E-state index contributed by atoms with van der Waals surface area (Å²) in [6, 6.07) is 8.87. The summed E-state index contributed by atoms with van der Waals surface area (Å²) in [5.41, 5.74) is 0.838. The minimum atomic E-state index is -0.790. The van der Waals surface area contributed by atoms with Crippen LogP contribution in [0.3, 0.4) is 0 Å². The first-order chi connectivity index (χ1) is 10.2. The van der Waals surface area contributed by atoms with Gasteiger partial charge in [-0.1, -0.05) is 30.3 Å². The van der Waals surface area contributed by atoms with E-state index in [1.807, 2.05) is 53.0 Å². The van der Waals surface area contributed by atoms with Crippen LogP contribution in [0.25, 0.3) is 0 Å². The number of carboxylic acid groups (broad SMARTS) is 1. The highest BCUT2D eigenvalue weighted by Crippen LogP contribution is 2.32. The summed E-state index contributed by atoms with van der Waals surface area (Å²) >= 11 is 0. The number of aromatic nitrogens is 2. The second-order valence-electron chi connectivity index (χ2n) is 5.53. The van der Waals surface area contributed by atoms with Gasteiger partial charge >= 0.3 is 5.97 Å². The van der Waals surface area contributed by atoms with E-state index in [0.717, 1.165) is 30.9 Å². The maximum absolute atomic E-state index is 11.7. The molecule has 1 fully saturated rings. The van der Waals surface area contributed by atoms with Gasteiger partial charge in [-0.05, 0) is 12.0 Å². The molecule has 0 aliphatic carbocycles. The summed E-state index contributed by atoms with van der Waals surface area (Å²) < 4.78 is 2.02. The Morgan fingerprint density at radius 3 is 2.76 bits per heavy atom. The summed E-state index contributed by atoms with van der Waals surface area (Å²) in [7, 11) is 1.98. The Morgan fingerprint density at radius 1 is 1.38 bits per heavy atom. The number of aryl methyl sites for hydroxylation is 1. The van der Waals surface area contributed by atoms with Crippen LogP contribution in [-0.2, 0) is 11.8 Å². The van der Waals surface area contributed by atoms with Gasteiger partial charge in [-0.15, -0.1) is 0 Å². The van der Waals surface area contributed by atoms with E-state index in [4.69, 9.17) is 0 Å². The maximum Gasteiger partial charge on any atom is 0.325 e. The van der Waals surface area contributed by atoms with Crippen molar-refractivity contribution in [2.45, 2.75) is 18.4 Å².